The number of methoxy groups -OCH3 is 4. The topological polar surface area (TPSA) is 276 Å². The van der Waals surface area contributed by atoms with Crippen molar-refractivity contribution in [3.63, 3.8) is 0 Å². The average molecular weight is 860 g/mol. The van der Waals surface area contributed by atoms with Crippen LogP contribution in [0.5, 0.6) is 23.0 Å². The number of carbonyl (C=O) groups excluding carboxylic acids is 6. The Labute approximate surface area is 360 Å². The molecule has 2 saturated carbocycles. The molecule has 0 atom stereocenters. The van der Waals surface area contributed by atoms with Crippen molar-refractivity contribution in [2.45, 2.75) is 75.5 Å². The molecule has 10 N–H and O–H groups in total. The molecule has 1 aromatic heterocycles. The first-order valence-corrected chi connectivity index (χ1v) is 20.6. The van der Waals surface area contributed by atoms with E-state index in [1.807, 2.05) is 0 Å². The quantitative estimate of drug-likeness (QED) is 0.0901. The van der Waals surface area contributed by atoms with Gasteiger partial charge in [-0.2, -0.15) is 0 Å². The summed E-state index contributed by atoms with van der Waals surface area (Å²) >= 11 is 0. The van der Waals surface area contributed by atoms with Gasteiger partial charge in [0.1, 0.15) is 23.0 Å². The highest BCUT2D eigenvalue weighted by Crippen LogP contribution is 2.32. The molecular formula is C43H57N9O10. The summed E-state index contributed by atoms with van der Waals surface area (Å²) in [6.07, 6.45) is 7.59. The van der Waals surface area contributed by atoms with Crippen molar-refractivity contribution in [3.05, 3.63) is 76.1 Å². The number of hydrogen-bond acceptors (Lipinski definition) is 13. The normalized spacial score (nSPS) is 18.3. The van der Waals surface area contributed by atoms with Gasteiger partial charge in [0.15, 0.2) is 0 Å². The third-order valence-electron chi connectivity index (χ3n) is 10.9. The molecule has 1 heterocycles. The summed E-state index contributed by atoms with van der Waals surface area (Å²) in [4.78, 5) is 83.0. The molecule has 0 spiro atoms. The van der Waals surface area contributed by atoms with Crippen LogP contribution in [0.2, 0.25) is 0 Å². The van der Waals surface area contributed by atoms with Crippen LogP contribution in [-0.2, 0) is 0 Å². The Morgan fingerprint density at radius 2 is 0.758 bits per heavy atom. The maximum absolute atomic E-state index is 13.4. The minimum Gasteiger partial charge on any atom is -0.496 e. The predicted molar refractivity (Wildman–Crippen MR) is 228 cm³/mol. The molecule has 0 saturated heterocycles. The minimum atomic E-state index is -0.429. The lowest BCUT2D eigenvalue weighted by Crippen LogP contribution is -2.44. The highest BCUT2D eigenvalue weighted by Gasteiger charge is 2.29. The van der Waals surface area contributed by atoms with E-state index in [4.69, 9.17) is 30.4 Å². The molecular weight excluding hydrogens is 803 g/mol. The Morgan fingerprint density at radius 1 is 0.468 bits per heavy atom. The summed E-state index contributed by atoms with van der Waals surface area (Å²) in [7, 11) is 5.70. The molecule has 2 aliphatic carbocycles. The zero-order valence-electron chi connectivity index (χ0n) is 35.5. The van der Waals surface area contributed by atoms with E-state index in [1.165, 1.54) is 71.2 Å². The molecule has 2 aromatic carbocycles. The maximum Gasteiger partial charge on any atom is 0.255 e. The molecule has 2 aliphatic rings. The second kappa shape index (κ2) is 22.4. The summed E-state index contributed by atoms with van der Waals surface area (Å²) in [6, 6.07) is 6.70. The Bertz CT molecular complexity index is 1960. The fourth-order valence-electron chi connectivity index (χ4n) is 7.59. The number of amides is 6. The third kappa shape index (κ3) is 11.9. The first-order valence-electron chi connectivity index (χ1n) is 20.6. The molecule has 0 bridgehead atoms. The molecule has 19 nitrogen and oxygen atoms in total. The van der Waals surface area contributed by atoms with Crippen molar-refractivity contribution in [2.24, 2.45) is 11.5 Å². The van der Waals surface area contributed by atoms with Gasteiger partial charge in [-0.15, -0.1) is 0 Å². The highest BCUT2D eigenvalue weighted by molar-refractivity contribution is 6.04. The van der Waals surface area contributed by atoms with Crippen LogP contribution in [-0.4, -0.2) is 119 Å². The lowest BCUT2D eigenvalue weighted by atomic mass is 9.90. The van der Waals surface area contributed by atoms with Gasteiger partial charge in [-0.25, -0.2) is 0 Å². The van der Waals surface area contributed by atoms with Gasteiger partial charge in [-0.05, 0) is 69.6 Å². The van der Waals surface area contributed by atoms with Gasteiger partial charge < -0.3 is 62.3 Å². The average Bonchev–Trinajstić information content (AvgIpc) is 3.30. The van der Waals surface area contributed by atoms with Crippen molar-refractivity contribution in [3.8, 4) is 23.0 Å². The molecule has 6 amide bonds. The van der Waals surface area contributed by atoms with Crippen LogP contribution >= 0.6 is 0 Å². The Kier molecular flexibility index (Phi) is 16.8. The monoisotopic (exact) mass is 859 g/mol. The van der Waals surface area contributed by atoms with Crippen molar-refractivity contribution < 1.29 is 47.7 Å². The highest BCUT2D eigenvalue weighted by atomic mass is 16.5. The van der Waals surface area contributed by atoms with E-state index < -0.39 is 23.6 Å². The summed E-state index contributed by atoms with van der Waals surface area (Å²) < 4.78 is 21.6. The van der Waals surface area contributed by atoms with E-state index in [0.29, 0.717) is 51.4 Å². The third-order valence-corrected chi connectivity index (χ3v) is 10.9. The first kappa shape index (κ1) is 46.6. The number of rotatable bonds is 18. The van der Waals surface area contributed by atoms with E-state index in [-0.39, 0.29) is 119 Å². The second-order valence-electron chi connectivity index (χ2n) is 15.0. The molecule has 0 aliphatic heterocycles. The van der Waals surface area contributed by atoms with Crippen LogP contribution < -0.4 is 62.3 Å². The SMILES string of the molecule is COc1cc(OC)c(C(=O)N[C@H]2CC[C@H](NC(=O)c3cncc(C(=O)N[C@H]4CC[C@H](NC(=O)c5cc(C(=O)NCCN)c(OC)cc5OC)CC4)c3)CC2)cc1C(=O)NCCN. The zero-order chi connectivity index (χ0) is 44.8. The number of nitrogens with two attached hydrogens (primary N) is 2. The number of ether oxygens (including phenoxy) is 4. The number of carbonyl (C=O) groups is 6. The number of pyridine rings is 1. The fourth-order valence-corrected chi connectivity index (χ4v) is 7.59. The molecule has 2 fully saturated rings. The molecule has 3 aromatic rings. The van der Waals surface area contributed by atoms with Gasteiger partial charge in [0.05, 0.1) is 61.8 Å². The van der Waals surface area contributed by atoms with Gasteiger partial charge in [0, 0.05) is 74.9 Å². The van der Waals surface area contributed by atoms with E-state index in [0.717, 1.165) is 0 Å². The lowest BCUT2D eigenvalue weighted by molar-refractivity contribution is 0.0885. The van der Waals surface area contributed by atoms with Crippen molar-refractivity contribution in [1.82, 2.24) is 36.9 Å². The van der Waals surface area contributed by atoms with Crippen LogP contribution in [0.1, 0.15) is 114 Å². The molecule has 19 heteroatoms. The largest absolute Gasteiger partial charge is 0.496 e. The van der Waals surface area contributed by atoms with Gasteiger partial charge in [0.25, 0.3) is 35.4 Å². The van der Waals surface area contributed by atoms with E-state index in [1.54, 1.807) is 0 Å². The van der Waals surface area contributed by atoms with Crippen molar-refractivity contribution in [1.29, 1.82) is 0 Å². The van der Waals surface area contributed by atoms with Gasteiger partial charge >= 0.3 is 0 Å². The lowest BCUT2D eigenvalue weighted by Gasteiger charge is -2.30. The maximum atomic E-state index is 13.4. The summed E-state index contributed by atoms with van der Waals surface area (Å²) in [6.45, 7) is 1.02. The number of nitrogens with one attached hydrogen (secondary N) is 6. The summed E-state index contributed by atoms with van der Waals surface area (Å²) in [5, 5.41) is 17.5. The molecule has 0 unspecified atom stereocenters. The van der Waals surface area contributed by atoms with Crippen LogP contribution in [0.25, 0.3) is 0 Å². The van der Waals surface area contributed by atoms with E-state index >= 15 is 0 Å². The van der Waals surface area contributed by atoms with Crippen molar-refractivity contribution in [2.75, 3.05) is 54.6 Å². The fraction of sp³-hybridized carbons (Fsp3) is 0.465. The Morgan fingerprint density at radius 3 is 1.05 bits per heavy atom. The van der Waals surface area contributed by atoms with Gasteiger partial charge in [-0.3, -0.25) is 33.8 Å². The van der Waals surface area contributed by atoms with Gasteiger partial charge in [0.2, 0.25) is 0 Å². The Balaban J connectivity index is 1.09. The van der Waals surface area contributed by atoms with Crippen LogP contribution in [0.4, 0.5) is 0 Å². The number of nitrogens with zero attached hydrogens (tertiary/aromatic N) is 1. The second-order valence-corrected chi connectivity index (χ2v) is 15.0. The Hall–Kier alpha value is -6.47. The molecule has 62 heavy (non-hydrogen) atoms. The minimum absolute atomic E-state index is 0.161. The smallest absolute Gasteiger partial charge is 0.255 e. The summed E-state index contributed by atoms with van der Waals surface area (Å²) in [5.41, 5.74) is 12.2. The summed E-state index contributed by atoms with van der Waals surface area (Å²) in [5.74, 6) is -1.38. The first-order chi connectivity index (χ1) is 29.9. The van der Waals surface area contributed by atoms with Crippen LogP contribution in [0.3, 0.4) is 0 Å². The number of hydrogen-bond donors (Lipinski definition) is 8. The standard InChI is InChI=1S/C43H57N9O10/c1-59-34-20-36(61-3)32(18-30(34)40(55)47-15-13-44)42(57)51-28-9-5-26(6-10-28)49-38(53)24-17-25(23-46-22-24)39(54)50-27-7-11-29(12-8-27)52-43(58)33-19-31(41(56)48-16-14-45)35(60-2)21-37(33)62-4/h17-23,26-29H,5-16,44-45H2,1-4H3,(H,47,55)(H,48,56)(H,49,53)(H,50,54)(H,51,57)(H,52,58)/t26-,27-,28-,29-. The number of aromatic nitrogens is 1. The van der Waals surface area contributed by atoms with Gasteiger partial charge in [-0.1, -0.05) is 0 Å². The van der Waals surface area contributed by atoms with Crippen molar-refractivity contribution >= 4 is 35.4 Å². The van der Waals surface area contributed by atoms with E-state index in [2.05, 4.69) is 36.9 Å². The van der Waals surface area contributed by atoms with Crippen LogP contribution in [0, 0.1) is 0 Å². The number of benzene rings is 2. The zero-order valence-corrected chi connectivity index (χ0v) is 35.5. The molecule has 5 rings (SSSR count). The molecule has 334 valence electrons. The molecule has 0 radical (unpaired) electrons. The van der Waals surface area contributed by atoms with E-state index in [9.17, 15) is 28.8 Å². The predicted octanol–water partition coefficient (Wildman–Crippen LogP) is 1.44. The van der Waals surface area contributed by atoms with Crippen LogP contribution in [0.15, 0.2) is 42.7 Å².